The van der Waals surface area contributed by atoms with Gasteiger partial charge >= 0.3 is 11.9 Å². The average molecular weight is 388 g/mol. The largest absolute Gasteiger partial charge is 0.411 e. The maximum absolute atomic E-state index is 9.96. The lowest BCUT2D eigenvalue weighted by Crippen LogP contribution is -2.85. The predicted molar refractivity (Wildman–Crippen MR) is 106 cm³/mol. The lowest BCUT2D eigenvalue weighted by molar-refractivity contribution is -0.476. The first-order valence-electron chi connectivity index (χ1n) is 9.55. The molecule has 2 fully saturated rings. The second-order valence-corrected chi connectivity index (χ2v) is 10.6. The number of nitriles is 2. The standard InChI is InChI=1S/C22H33N3O3/c1-18(2,3)14(12-23)16-25-21(9,10)20(7,8)22(25,26-11)28-17(27-16)15(13-24)19(4,5)6/h1-11H3/b16-14-,17-15+. The molecule has 0 aliphatic carbocycles. The van der Waals surface area contributed by atoms with Crippen molar-refractivity contribution in [3.63, 3.8) is 0 Å². The van der Waals surface area contributed by atoms with Crippen molar-refractivity contribution in [2.45, 2.75) is 80.7 Å². The molecule has 0 aromatic carbocycles. The second-order valence-electron chi connectivity index (χ2n) is 10.6. The fraction of sp³-hybridized carbons (Fsp3) is 0.727. The first-order valence-corrected chi connectivity index (χ1v) is 9.55. The number of rotatable bonds is 1. The number of nitrogens with zero attached hydrogens (tertiary/aromatic N) is 3. The molecule has 6 heteroatoms. The third-order valence-electron chi connectivity index (χ3n) is 6.21. The van der Waals surface area contributed by atoms with Gasteiger partial charge in [-0.2, -0.15) is 10.5 Å². The van der Waals surface area contributed by atoms with Crippen molar-refractivity contribution in [1.29, 1.82) is 10.5 Å². The van der Waals surface area contributed by atoms with Crippen LogP contribution < -0.4 is 0 Å². The fourth-order valence-corrected chi connectivity index (χ4v) is 3.81. The Kier molecular flexibility index (Phi) is 4.86. The van der Waals surface area contributed by atoms with E-state index in [1.807, 2.05) is 46.4 Å². The topological polar surface area (TPSA) is 78.5 Å². The smallest absolute Gasteiger partial charge is 0.307 e. The molecule has 2 rings (SSSR count). The summed E-state index contributed by atoms with van der Waals surface area (Å²) in [5, 5.41) is 19.8. The molecule has 28 heavy (non-hydrogen) atoms. The van der Waals surface area contributed by atoms with Crippen molar-refractivity contribution in [1.82, 2.24) is 4.90 Å². The van der Waals surface area contributed by atoms with Crippen LogP contribution >= 0.6 is 0 Å². The van der Waals surface area contributed by atoms with Gasteiger partial charge in [0.2, 0.25) is 5.88 Å². The van der Waals surface area contributed by atoms with E-state index in [4.69, 9.17) is 14.2 Å². The second kappa shape index (κ2) is 6.16. The van der Waals surface area contributed by atoms with Crippen LogP contribution in [0.25, 0.3) is 0 Å². The number of fused-ring (bicyclic) bond motifs is 1. The molecule has 154 valence electrons. The summed E-state index contributed by atoms with van der Waals surface area (Å²) in [7, 11) is 1.58. The summed E-state index contributed by atoms with van der Waals surface area (Å²) in [6.07, 6.45) is 0. The Hall–Kier alpha value is -2.18. The summed E-state index contributed by atoms with van der Waals surface area (Å²) in [5.74, 6) is -0.691. The monoisotopic (exact) mass is 387 g/mol. The van der Waals surface area contributed by atoms with Crippen LogP contribution in [0, 0.1) is 38.9 Å². The van der Waals surface area contributed by atoms with Gasteiger partial charge in [-0.1, -0.05) is 41.5 Å². The third kappa shape index (κ3) is 2.70. The van der Waals surface area contributed by atoms with Gasteiger partial charge in [-0.05, 0) is 27.7 Å². The Balaban J connectivity index is 2.91. The molecular formula is C22H33N3O3. The Labute approximate surface area is 169 Å². The van der Waals surface area contributed by atoms with Crippen LogP contribution in [-0.4, -0.2) is 23.5 Å². The van der Waals surface area contributed by atoms with E-state index in [1.54, 1.807) is 7.11 Å². The molecule has 2 saturated heterocycles. The van der Waals surface area contributed by atoms with Gasteiger partial charge < -0.3 is 14.2 Å². The van der Waals surface area contributed by atoms with Crippen LogP contribution in [0.1, 0.15) is 69.2 Å². The maximum Gasteiger partial charge on any atom is 0.307 e. The zero-order valence-electron chi connectivity index (χ0n) is 19.1. The number of allylic oxidation sites excluding steroid dienone is 2. The normalized spacial score (nSPS) is 29.2. The predicted octanol–water partition coefficient (Wildman–Crippen LogP) is 5.02. The first kappa shape index (κ1) is 22.1. The van der Waals surface area contributed by atoms with Gasteiger partial charge in [0.25, 0.3) is 0 Å². The molecule has 0 N–H and O–H groups in total. The highest BCUT2D eigenvalue weighted by Gasteiger charge is 2.77. The lowest BCUT2D eigenvalue weighted by Gasteiger charge is -2.73. The first-order chi connectivity index (χ1) is 12.5. The van der Waals surface area contributed by atoms with Gasteiger partial charge in [0.05, 0.1) is 16.5 Å². The van der Waals surface area contributed by atoms with Gasteiger partial charge in [0.1, 0.15) is 17.7 Å². The summed E-state index contributed by atoms with van der Waals surface area (Å²) in [5.41, 5.74) is -0.976. The molecule has 0 bridgehead atoms. The molecule has 0 saturated carbocycles. The Morgan fingerprint density at radius 1 is 0.929 bits per heavy atom. The average Bonchev–Trinajstić information content (AvgIpc) is 2.52. The summed E-state index contributed by atoms with van der Waals surface area (Å²) in [6, 6.07) is 4.54. The van der Waals surface area contributed by atoms with Gasteiger partial charge in [-0.3, -0.25) is 4.90 Å². The highest BCUT2D eigenvalue weighted by Crippen LogP contribution is 2.65. The van der Waals surface area contributed by atoms with Crippen molar-refractivity contribution >= 4 is 0 Å². The summed E-state index contributed by atoms with van der Waals surface area (Å²) >= 11 is 0. The zero-order chi connectivity index (χ0) is 21.9. The van der Waals surface area contributed by atoms with E-state index in [-0.39, 0.29) is 5.95 Å². The highest BCUT2D eigenvalue weighted by molar-refractivity contribution is 5.38. The minimum absolute atomic E-state index is 0.101. The van der Waals surface area contributed by atoms with Crippen LogP contribution in [0.2, 0.25) is 0 Å². The molecule has 1 atom stereocenters. The van der Waals surface area contributed by atoms with Crippen molar-refractivity contribution in [3.8, 4) is 12.1 Å². The third-order valence-corrected chi connectivity index (χ3v) is 6.21. The van der Waals surface area contributed by atoms with Gasteiger partial charge in [0, 0.05) is 17.9 Å². The van der Waals surface area contributed by atoms with E-state index < -0.39 is 27.7 Å². The number of ether oxygens (including phenoxy) is 3. The van der Waals surface area contributed by atoms with Gasteiger partial charge in [-0.15, -0.1) is 0 Å². The van der Waals surface area contributed by atoms with Crippen molar-refractivity contribution in [3.05, 3.63) is 23.0 Å². The van der Waals surface area contributed by atoms with E-state index in [0.29, 0.717) is 17.0 Å². The van der Waals surface area contributed by atoms with E-state index >= 15 is 0 Å². The van der Waals surface area contributed by atoms with Crippen molar-refractivity contribution in [2.75, 3.05) is 7.11 Å². The summed E-state index contributed by atoms with van der Waals surface area (Å²) in [4.78, 5) is 1.89. The lowest BCUT2D eigenvalue weighted by atomic mass is 9.60. The van der Waals surface area contributed by atoms with Crippen LogP contribution in [0.15, 0.2) is 23.0 Å². The molecule has 0 aromatic rings. The SMILES string of the molecule is COC12O/C(=C(\C#N)C(C)(C)C)O/C(=C(/C#N)C(C)(C)C)N1C(C)(C)C2(C)C. The minimum atomic E-state index is -1.18. The molecule has 0 aromatic heterocycles. The van der Waals surface area contributed by atoms with Crippen molar-refractivity contribution < 1.29 is 14.2 Å². The molecule has 0 spiro atoms. The Morgan fingerprint density at radius 3 is 1.75 bits per heavy atom. The number of hydrogen-bond donors (Lipinski definition) is 0. The molecule has 2 aliphatic heterocycles. The molecule has 6 nitrogen and oxygen atoms in total. The zero-order valence-corrected chi connectivity index (χ0v) is 19.1. The van der Waals surface area contributed by atoms with Gasteiger partial charge in [-0.25, -0.2) is 0 Å². The van der Waals surface area contributed by atoms with E-state index in [9.17, 15) is 10.5 Å². The minimum Gasteiger partial charge on any atom is -0.411 e. The van der Waals surface area contributed by atoms with E-state index in [2.05, 4.69) is 39.8 Å². The van der Waals surface area contributed by atoms with Crippen molar-refractivity contribution in [2.24, 2.45) is 16.2 Å². The van der Waals surface area contributed by atoms with E-state index in [1.165, 1.54) is 0 Å². The number of hydrogen-bond acceptors (Lipinski definition) is 6. The molecule has 2 aliphatic rings. The molecular weight excluding hydrogens is 354 g/mol. The Morgan fingerprint density at radius 2 is 1.39 bits per heavy atom. The molecule has 0 amide bonds. The molecule has 0 radical (unpaired) electrons. The summed E-state index contributed by atoms with van der Waals surface area (Å²) < 4.78 is 18.4. The molecule has 1 unspecified atom stereocenters. The fourth-order valence-electron chi connectivity index (χ4n) is 3.81. The van der Waals surface area contributed by atoms with Crippen LogP contribution in [0.4, 0.5) is 0 Å². The van der Waals surface area contributed by atoms with Crippen LogP contribution in [0.3, 0.4) is 0 Å². The van der Waals surface area contributed by atoms with Gasteiger partial charge in [0.15, 0.2) is 0 Å². The van der Waals surface area contributed by atoms with E-state index in [0.717, 1.165) is 0 Å². The number of methoxy groups -OCH3 is 1. The van der Waals surface area contributed by atoms with Crippen LogP contribution in [0.5, 0.6) is 0 Å². The van der Waals surface area contributed by atoms with Crippen LogP contribution in [-0.2, 0) is 14.2 Å². The highest BCUT2D eigenvalue weighted by atomic mass is 16.8. The Bertz CT molecular complexity index is 823. The summed E-state index contributed by atoms with van der Waals surface area (Å²) in [6.45, 7) is 19.9. The maximum atomic E-state index is 9.96. The molecule has 2 heterocycles. The quantitative estimate of drug-likeness (QED) is 0.588.